The van der Waals surface area contributed by atoms with Crippen molar-refractivity contribution >= 4 is 28.0 Å². The van der Waals surface area contributed by atoms with Gasteiger partial charge in [-0.1, -0.05) is 41.7 Å². The minimum absolute atomic E-state index is 0.0703. The molecule has 0 aliphatic carbocycles. The molecule has 4 aromatic rings. The first-order valence-corrected chi connectivity index (χ1v) is 11.6. The van der Waals surface area contributed by atoms with Gasteiger partial charge in [-0.15, -0.1) is 0 Å². The van der Waals surface area contributed by atoms with Gasteiger partial charge in [-0.2, -0.15) is 9.61 Å². The minimum atomic E-state index is -0.220. The summed E-state index contributed by atoms with van der Waals surface area (Å²) in [7, 11) is 3.10. The van der Waals surface area contributed by atoms with Crippen molar-refractivity contribution in [1.82, 2.24) is 19.5 Å². The number of amides is 1. The zero-order valence-electron chi connectivity index (χ0n) is 18.8. The van der Waals surface area contributed by atoms with Gasteiger partial charge in [-0.3, -0.25) is 9.59 Å². The number of carbonyl (C=O) groups is 1. The van der Waals surface area contributed by atoms with E-state index in [1.807, 2.05) is 35.2 Å². The van der Waals surface area contributed by atoms with Crippen molar-refractivity contribution in [3.05, 3.63) is 70.5 Å². The summed E-state index contributed by atoms with van der Waals surface area (Å²) < 4.78 is 11.9. The lowest BCUT2D eigenvalue weighted by Gasteiger charge is -2.35. The lowest BCUT2D eigenvalue weighted by atomic mass is 10.1. The van der Waals surface area contributed by atoms with Crippen molar-refractivity contribution in [2.75, 3.05) is 45.3 Å². The van der Waals surface area contributed by atoms with Gasteiger partial charge in [0.25, 0.3) is 11.5 Å². The third-order valence-corrected chi connectivity index (χ3v) is 6.73. The number of piperazine rings is 1. The number of hydrogen-bond acceptors (Lipinski definition) is 8. The largest absolute Gasteiger partial charge is 0.493 e. The number of anilines is 1. The van der Waals surface area contributed by atoms with Crippen LogP contribution >= 0.6 is 11.3 Å². The van der Waals surface area contributed by atoms with E-state index in [1.165, 1.54) is 21.9 Å². The number of benzene rings is 2. The predicted molar refractivity (Wildman–Crippen MR) is 130 cm³/mol. The molecule has 1 aliphatic rings. The minimum Gasteiger partial charge on any atom is -0.493 e. The van der Waals surface area contributed by atoms with Crippen LogP contribution in [-0.4, -0.2) is 65.8 Å². The molecule has 0 N–H and O–H groups in total. The molecule has 0 bridgehead atoms. The van der Waals surface area contributed by atoms with Gasteiger partial charge in [-0.25, -0.2) is 4.98 Å². The number of aromatic nitrogens is 3. The molecular formula is C24H23N5O4S. The molecule has 10 heteroatoms. The molecule has 174 valence electrons. The lowest BCUT2D eigenvalue weighted by molar-refractivity contribution is 0.0746. The average molecular weight is 478 g/mol. The van der Waals surface area contributed by atoms with Crippen LogP contribution in [0, 0.1) is 0 Å². The molecule has 3 heterocycles. The van der Waals surface area contributed by atoms with Crippen molar-refractivity contribution < 1.29 is 14.3 Å². The summed E-state index contributed by atoms with van der Waals surface area (Å²) in [6, 6.07) is 16.4. The monoisotopic (exact) mass is 477 g/mol. The standard InChI is InChI=1S/C24H23N5O4S/c1-32-18-9-8-17(14-19(18)33-2)23(31)28-12-10-27(11-13-28)20-15-21(30)29-24(25-20)34-22(26-29)16-6-4-3-5-7-16/h3-9,14-15H,10-13H2,1-2H3. The number of methoxy groups -OCH3 is 2. The van der Waals surface area contributed by atoms with Crippen LogP contribution in [0.5, 0.6) is 11.5 Å². The van der Waals surface area contributed by atoms with E-state index in [4.69, 9.17) is 9.47 Å². The highest BCUT2D eigenvalue weighted by molar-refractivity contribution is 7.19. The maximum absolute atomic E-state index is 13.0. The van der Waals surface area contributed by atoms with E-state index < -0.39 is 0 Å². The van der Waals surface area contributed by atoms with Crippen molar-refractivity contribution in [3.63, 3.8) is 0 Å². The van der Waals surface area contributed by atoms with Gasteiger partial charge in [-0.05, 0) is 18.2 Å². The molecule has 0 spiro atoms. The van der Waals surface area contributed by atoms with E-state index in [9.17, 15) is 9.59 Å². The zero-order chi connectivity index (χ0) is 23.7. The van der Waals surface area contributed by atoms with E-state index in [0.29, 0.717) is 54.0 Å². The second kappa shape index (κ2) is 9.14. The molecule has 34 heavy (non-hydrogen) atoms. The SMILES string of the molecule is COc1ccc(C(=O)N2CCN(c3cc(=O)n4nc(-c5ccccc5)sc4n3)CC2)cc1OC. The second-order valence-corrected chi connectivity index (χ2v) is 8.73. The van der Waals surface area contributed by atoms with Crippen molar-refractivity contribution in [2.24, 2.45) is 0 Å². The van der Waals surface area contributed by atoms with Crippen molar-refractivity contribution in [1.29, 1.82) is 0 Å². The highest BCUT2D eigenvalue weighted by Gasteiger charge is 2.24. The fourth-order valence-corrected chi connectivity index (χ4v) is 4.85. The number of carbonyl (C=O) groups excluding carboxylic acids is 1. The summed E-state index contributed by atoms with van der Waals surface area (Å²) in [5.41, 5.74) is 1.27. The molecule has 1 saturated heterocycles. The van der Waals surface area contributed by atoms with Gasteiger partial charge < -0.3 is 19.3 Å². The highest BCUT2D eigenvalue weighted by atomic mass is 32.1. The van der Waals surface area contributed by atoms with Gasteiger partial charge in [0.1, 0.15) is 10.8 Å². The average Bonchev–Trinajstić information content (AvgIpc) is 3.33. The third-order valence-electron chi connectivity index (χ3n) is 5.77. The normalized spacial score (nSPS) is 13.8. The molecule has 1 aliphatic heterocycles. The Balaban J connectivity index is 1.32. The van der Waals surface area contributed by atoms with Gasteiger partial charge >= 0.3 is 0 Å². The Hall–Kier alpha value is -3.92. The van der Waals surface area contributed by atoms with Crippen LogP contribution in [0.15, 0.2) is 59.4 Å². The Kier molecular flexibility index (Phi) is 5.89. The maximum atomic E-state index is 13.0. The fraction of sp³-hybridized carbons (Fsp3) is 0.250. The molecule has 5 rings (SSSR count). The first-order valence-electron chi connectivity index (χ1n) is 10.8. The number of ether oxygens (including phenoxy) is 2. The van der Waals surface area contributed by atoms with E-state index in [0.717, 1.165) is 10.6 Å². The van der Waals surface area contributed by atoms with Crippen LogP contribution < -0.4 is 19.9 Å². The molecular weight excluding hydrogens is 454 g/mol. The molecule has 0 unspecified atom stereocenters. The number of fused-ring (bicyclic) bond motifs is 1. The molecule has 1 fully saturated rings. The van der Waals surface area contributed by atoms with Crippen LogP contribution in [0.1, 0.15) is 10.4 Å². The third kappa shape index (κ3) is 4.08. The molecule has 0 atom stereocenters. The summed E-state index contributed by atoms with van der Waals surface area (Å²) in [4.78, 5) is 34.8. The number of hydrogen-bond donors (Lipinski definition) is 0. The predicted octanol–water partition coefficient (Wildman–Crippen LogP) is 2.80. The van der Waals surface area contributed by atoms with Gasteiger partial charge in [0, 0.05) is 43.4 Å². The molecule has 0 saturated carbocycles. The van der Waals surface area contributed by atoms with Gasteiger partial charge in [0.2, 0.25) is 4.96 Å². The molecule has 2 aromatic carbocycles. The number of rotatable bonds is 5. The van der Waals surface area contributed by atoms with Gasteiger partial charge in [0.05, 0.1) is 14.2 Å². The molecule has 2 aromatic heterocycles. The molecule has 9 nitrogen and oxygen atoms in total. The van der Waals surface area contributed by atoms with Crippen LogP contribution in [0.3, 0.4) is 0 Å². The first kappa shape index (κ1) is 21.9. The Bertz CT molecular complexity index is 1390. The Morgan fingerprint density at radius 2 is 1.68 bits per heavy atom. The Morgan fingerprint density at radius 1 is 0.941 bits per heavy atom. The van der Waals surface area contributed by atoms with Crippen LogP contribution in [0.25, 0.3) is 15.5 Å². The van der Waals surface area contributed by atoms with Crippen molar-refractivity contribution in [3.8, 4) is 22.1 Å². The quantitative estimate of drug-likeness (QED) is 0.437. The maximum Gasteiger partial charge on any atom is 0.277 e. The number of nitrogens with zero attached hydrogens (tertiary/aromatic N) is 5. The van der Waals surface area contributed by atoms with Crippen molar-refractivity contribution in [2.45, 2.75) is 0 Å². The molecule has 0 radical (unpaired) electrons. The smallest absolute Gasteiger partial charge is 0.277 e. The lowest BCUT2D eigenvalue weighted by Crippen LogP contribution is -2.49. The van der Waals surface area contributed by atoms with Crippen LogP contribution in [-0.2, 0) is 0 Å². The fourth-order valence-electron chi connectivity index (χ4n) is 3.95. The zero-order valence-corrected chi connectivity index (χ0v) is 19.6. The van der Waals surface area contributed by atoms with E-state index >= 15 is 0 Å². The summed E-state index contributed by atoms with van der Waals surface area (Å²) in [6.45, 7) is 2.19. The second-order valence-electron chi connectivity index (χ2n) is 7.77. The Morgan fingerprint density at radius 3 is 2.38 bits per heavy atom. The summed E-state index contributed by atoms with van der Waals surface area (Å²) in [5, 5.41) is 5.18. The van der Waals surface area contributed by atoms with Crippen LogP contribution in [0.4, 0.5) is 5.82 Å². The van der Waals surface area contributed by atoms with Crippen LogP contribution in [0.2, 0.25) is 0 Å². The summed E-state index contributed by atoms with van der Waals surface area (Å²) >= 11 is 1.38. The van der Waals surface area contributed by atoms with E-state index in [-0.39, 0.29) is 11.5 Å². The van der Waals surface area contributed by atoms with E-state index in [1.54, 1.807) is 37.3 Å². The first-order chi connectivity index (χ1) is 16.6. The highest BCUT2D eigenvalue weighted by Crippen LogP contribution is 2.29. The van der Waals surface area contributed by atoms with Gasteiger partial charge in [0.15, 0.2) is 11.5 Å². The summed E-state index contributed by atoms with van der Waals surface area (Å²) in [5.74, 6) is 1.63. The summed E-state index contributed by atoms with van der Waals surface area (Å²) in [6.07, 6.45) is 0. The van der Waals surface area contributed by atoms with E-state index in [2.05, 4.69) is 10.1 Å². The molecule has 1 amide bonds. The topological polar surface area (TPSA) is 89.3 Å². The Labute approximate surface area is 199 Å².